The van der Waals surface area contributed by atoms with Gasteiger partial charge in [-0.2, -0.15) is 0 Å². The first-order valence-corrected chi connectivity index (χ1v) is 7.61. The fraction of sp³-hybridized carbons (Fsp3) is 0.200. The molecule has 0 aliphatic heterocycles. The summed E-state index contributed by atoms with van der Waals surface area (Å²) < 4.78 is 0. The number of carbonyl (C=O) groups excluding carboxylic acids is 1. The van der Waals surface area contributed by atoms with Crippen molar-refractivity contribution in [2.45, 2.75) is 18.2 Å². The summed E-state index contributed by atoms with van der Waals surface area (Å²) in [4.78, 5) is 26.8. The number of H-pyrrole nitrogens is 1. The summed E-state index contributed by atoms with van der Waals surface area (Å²) in [6, 6.07) is 9.96. The lowest BCUT2D eigenvalue weighted by molar-refractivity contribution is 0.102. The van der Waals surface area contributed by atoms with Gasteiger partial charge in [0.05, 0.1) is 11.4 Å². The first-order chi connectivity index (χ1) is 10.1. The van der Waals surface area contributed by atoms with Crippen molar-refractivity contribution < 1.29 is 4.79 Å². The molecule has 110 valence electrons. The van der Waals surface area contributed by atoms with Crippen molar-refractivity contribution in [2.75, 3.05) is 16.8 Å². The Kier molecular flexibility index (Phi) is 5.05. The fourth-order valence-electron chi connectivity index (χ4n) is 1.72. The van der Waals surface area contributed by atoms with Crippen LogP contribution in [0.4, 0.5) is 11.4 Å². The van der Waals surface area contributed by atoms with Gasteiger partial charge in [0.25, 0.3) is 5.91 Å². The molecule has 2 aromatic rings. The predicted octanol–water partition coefficient (Wildman–Crippen LogP) is 2.71. The third-order valence-corrected chi connectivity index (χ3v) is 3.96. The summed E-state index contributed by atoms with van der Waals surface area (Å²) in [5.41, 5.74) is 6.80. The van der Waals surface area contributed by atoms with Crippen LogP contribution in [0.15, 0.2) is 46.1 Å². The molecule has 0 aliphatic carbocycles. The van der Waals surface area contributed by atoms with Crippen molar-refractivity contribution in [1.82, 2.24) is 4.98 Å². The molecule has 1 heterocycles. The monoisotopic (exact) mass is 303 g/mol. The third kappa shape index (κ3) is 4.13. The van der Waals surface area contributed by atoms with Gasteiger partial charge >= 0.3 is 0 Å². The zero-order valence-corrected chi connectivity index (χ0v) is 12.5. The van der Waals surface area contributed by atoms with Crippen molar-refractivity contribution in [1.29, 1.82) is 0 Å². The molecule has 1 amide bonds. The number of carbonyl (C=O) groups is 1. The number of pyridine rings is 1. The Labute approximate surface area is 127 Å². The first-order valence-electron chi connectivity index (χ1n) is 6.63. The molecule has 21 heavy (non-hydrogen) atoms. The molecular weight excluding hydrogens is 286 g/mol. The highest BCUT2D eigenvalue weighted by atomic mass is 32.2. The molecule has 5 nitrogen and oxygen atoms in total. The Morgan fingerprint density at radius 3 is 2.86 bits per heavy atom. The lowest BCUT2D eigenvalue weighted by Crippen LogP contribution is -2.18. The minimum Gasteiger partial charge on any atom is -0.397 e. The van der Waals surface area contributed by atoms with Gasteiger partial charge in [-0.05, 0) is 36.4 Å². The quantitative estimate of drug-likeness (QED) is 0.585. The molecule has 6 heteroatoms. The lowest BCUT2D eigenvalue weighted by atomic mass is 10.2. The van der Waals surface area contributed by atoms with Gasteiger partial charge in [-0.1, -0.05) is 13.0 Å². The van der Waals surface area contributed by atoms with Gasteiger partial charge in [-0.15, -0.1) is 11.8 Å². The highest BCUT2D eigenvalue weighted by Gasteiger charge is 2.09. The standard InChI is InChI=1S/C15H17N3O2S/c1-2-8-21-10-6-7-11(16)13(9-10)18-15(20)12-4-3-5-14(19)17-12/h3-7,9H,2,8,16H2,1H3,(H,17,19)(H,18,20). The number of nitrogens with two attached hydrogens (primary N) is 1. The van der Waals surface area contributed by atoms with Gasteiger partial charge < -0.3 is 16.0 Å². The minimum atomic E-state index is -0.392. The van der Waals surface area contributed by atoms with Gasteiger partial charge in [0.1, 0.15) is 5.69 Å². The van der Waals surface area contributed by atoms with Crippen LogP contribution >= 0.6 is 11.8 Å². The van der Waals surface area contributed by atoms with E-state index in [1.54, 1.807) is 23.9 Å². The molecule has 0 bridgehead atoms. The van der Waals surface area contributed by atoms with Crippen molar-refractivity contribution >= 4 is 29.0 Å². The van der Waals surface area contributed by atoms with Crippen LogP contribution in [0.1, 0.15) is 23.8 Å². The van der Waals surface area contributed by atoms with E-state index in [0.717, 1.165) is 17.1 Å². The highest BCUT2D eigenvalue weighted by molar-refractivity contribution is 7.99. The Balaban J connectivity index is 2.18. The van der Waals surface area contributed by atoms with Crippen LogP contribution in [0.3, 0.4) is 0 Å². The molecule has 4 N–H and O–H groups in total. The van der Waals surface area contributed by atoms with Crippen LogP contribution in [0.25, 0.3) is 0 Å². The van der Waals surface area contributed by atoms with Gasteiger partial charge in [-0.3, -0.25) is 9.59 Å². The second kappa shape index (κ2) is 6.99. The molecule has 0 saturated carbocycles. The van der Waals surface area contributed by atoms with Gasteiger partial charge in [0.15, 0.2) is 0 Å². The topological polar surface area (TPSA) is 88.0 Å². The van der Waals surface area contributed by atoms with Crippen LogP contribution < -0.4 is 16.6 Å². The van der Waals surface area contributed by atoms with E-state index in [0.29, 0.717) is 11.4 Å². The summed E-state index contributed by atoms with van der Waals surface area (Å²) >= 11 is 1.70. The Morgan fingerprint density at radius 1 is 1.33 bits per heavy atom. The number of benzene rings is 1. The molecule has 1 aromatic heterocycles. The number of hydrogen-bond donors (Lipinski definition) is 3. The smallest absolute Gasteiger partial charge is 0.272 e. The van der Waals surface area contributed by atoms with E-state index in [4.69, 9.17) is 5.73 Å². The van der Waals surface area contributed by atoms with E-state index in [2.05, 4.69) is 17.2 Å². The van der Waals surface area contributed by atoms with Crippen LogP contribution in [0, 0.1) is 0 Å². The second-order valence-corrected chi connectivity index (χ2v) is 5.65. The molecule has 0 fully saturated rings. The molecule has 0 radical (unpaired) electrons. The lowest BCUT2D eigenvalue weighted by Gasteiger charge is -2.10. The van der Waals surface area contributed by atoms with Crippen molar-refractivity contribution in [2.24, 2.45) is 0 Å². The number of hydrogen-bond acceptors (Lipinski definition) is 4. The Hall–Kier alpha value is -2.21. The maximum absolute atomic E-state index is 12.1. The van der Waals surface area contributed by atoms with Gasteiger partial charge in [0, 0.05) is 11.0 Å². The Morgan fingerprint density at radius 2 is 2.14 bits per heavy atom. The summed E-state index contributed by atoms with van der Waals surface area (Å²) in [6.45, 7) is 2.11. The molecule has 0 aliphatic rings. The number of amides is 1. The van der Waals surface area contributed by atoms with Gasteiger partial charge in [-0.25, -0.2) is 0 Å². The maximum atomic E-state index is 12.1. The third-order valence-electron chi connectivity index (χ3n) is 2.76. The van der Waals surface area contributed by atoms with E-state index in [1.165, 1.54) is 12.1 Å². The van der Waals surface area contributed by atoms with E-state index in [1.807, 2.05) is 12.1 Å². The zero-order valence-electron chi connectivity index (χ0n) is 11.7. The molecule has 0 atom stereocenters. The zero-order chi connectivity index (χ0) is 15.2. The average molecular weight is 303 g/mol. The molecule has 0 spiro atoms. The number of nitrogen functional groups attached to an aromatic ring is 1. The van der Waals surface area contributed by atoms with Crippen LogP contribution in [-0.2, 0) is 0 Å². The van der Waals surface area contributed by atoms with E-state index in [-0.39, 0.29) is 11.3 Å². The minimum absolute atomic E-state index is 0.202. The second-order valence-electron chi connectivity index (χ2n) is 4.48. The highest BCUT2D eigenvalue weighted by Crippen LogP contribution is 2.27. The fourth-order valence-corrected chi connectivity index (χ4v) is 2.53. The van der Waals surface area contributed by atoms with E-state index in [9.17, 15) is 9.59 Å². The SMILES string of the molecule is CCCSc1ccc(N)c(NC(=O)c2cccc(=O)[nH]2)c1. The first kappa shape index (κ1) is 15.2. The van der Waals surface area contributed by atoms with Gasteiger partial charge in [0.2, 0.25) is 5.56 Å². The molecule has 0 unspecified atom stereocenters. The Bertz CT molecular complexity index is 697. The van der Waals surface area contributed by atoms with Crippen LogP contribution in [-0.4, -0.2) is 16.6 Å². The largest absolute Gasteiger partial charge is 0.397 e. The number of aromatic nitrogens is 1. The summed E-state index contributed by atoms with van der Waals surface area (Å²) in [7, 11) is 0. The van der Waals surface area contributed by atoms with Crippen LogP contribution in [0.5, 0.6) is 0 Å². The predicted molar refractivity (Wildman–Crippen MR) is 86.9 cm³/mol. The number of thioether (sulfide) groups is 1. The van der Waals surface area contributed by atoms with E-state index < -0.39 is 5.91 Å². The summed E-state index contributed by atoms with van der Waals surface area (Å²) in [5.74, 6) is 0.612. The molecule has 0 saturated heterocycles. The molecule has 1 aromatic carbocycles. The van der Waals surface area contributed by atoms with Crippen molar-refractivity contribution in [3.63, 3.8) is 0 Å². The van der Waals surface area contributed by atoms with E-state index >= 15 is 0 Å². The number of nitrogens with one attached hydrogen (secondary N) is 2. The average Bonchev–Trinajstić information content (AvgIpc) is 2.48. The molecule has 2 rings (SSSR count). The van der Waals surface area contributed by atoms with Crippen LogP contribution in [0.2, 0.25) is 0 Å². The maximum Gasteiger partial charge on any atom is 0.272 e. The number of anilines is 2. The van der Waals surface area contributed by atoms with Crippen molar-refractivity contribution in [3.05, 3.63) is 52.4 Å². The molecular formula is C15H17N3O2S. The summed E-state index contributed by atoms with van der Waals surface area (Å²) in [6.07, 6.45) is 1.07. The van der Waals surface area contributed by atoms with Crippen molar-refractivity contribution in [3.8, 4) is 0 Å². The summed E-state index contributed by atoms with van der Waals surface area (Å²) in [5, 5.41) is 2.72. The number of rotatable bonds is 5. The number of aromatic amines is 1. The normalized spacial score (nSPS) is 10.3.